The van der Waals surface area contributed by atoms with Crippen LogP contribution in [0.15, 0.2) is 54.6 Å². The fraction of sp³-hybridized carbons (Fsp3) is 0.188. The topological polar surface area (TPSA) is 46.5 Å². The van der Waals surface area contributed by atoms with Gasteiger partial charge in [-0.05, 0) is 29.8 Å². The first-order valence-corrected chi connectivity index (χ1v) is 6.28. The van der Waals surface area contributed by atoms with Crippen LogP contribution in [0.4, 0.5) is 0 Å². The van der Waals surface area contributed by atoms with Crippen molar-refractivity contribution < 1.29 is 14.6 Å². The van der Waals surface area contributed by atoms with E-state index in [1.54, 1.807) is 24.3 Å². The summed E-state index contributed by atoms with van der Waals surface area (Å²) in [5.74, 6) is 0.539. The average Bonchev–Trinajstić information content (AvgIpc) is 2.42. The van der Waals surface area contributed by atoms with Gasteiger partial charge in [0.15, 0.2) is 0 Å². The highest BCUT2D eigenvalue weighted by Gasteiger charge is 2.02. The first-order valence-electron chi connectivity index (χ1n) is 6.28. The molecule has 0 saturated heterocycles. The van der Waals surface area contributed by atoms with Gasteiger partial charge in [0.1, 0.15) is 11.5 Å². The van der Waals surface area contributed by atoms with Gasteiger partial charge in [0, 0.05) is 0 Å². The summed E-state index contributed by atoms with van der Waals surface area (Å²) >= 11 is 0. The first kappa shape index (κ1) is 14.8. The van der Waals surface area contributed by atoms with Gasteiger partial charge in [-0.25, -0.2) is 0 Å². The molecule has 0 bridgehead atoms. The summed E-state index contributed by atoms with van der Waals surface area (Å²) < 4.78 is 5.61. The number of hydrogen-bond donors (Lipinski definition) is 1. The molecule has 2 aromatic carbocycles. The highest BCUT2D eigenvalue weighted by molar-refractivity contribution is 5.70. The molecule has 0 radical (unpaired) electrons. The molecular weight excluding hydrogens is 240 g/mol. The molecule has 0 fully saturated rings. The molecule has 3 nitrogen and oxygen atoms in total. The summed E-state index contributed by atoms with van der Waals surface area (Å²) in [7, 11) is 0. The fourth-order valence-electron chi connectivity index (χ4n) is 1.52. The Labute approximate surface area is 113 Å². The van der Waals surface area contributed by atoms with Crippen molar-refractivity contribution in [2.75, 3.05) is 0 Å². The van der Waals surface area contributed by atoms with Crippen LogP contribution < -0.4 is 4.74 Å². The van der Waals surface area contributed by atoms with Gasteiger partial charge >= 0.3 is 5.97 Å². The Morgan fingerprint density at radius 2 is 1.63 bits per heavy atom. The lowest BCUT2D eigenvalue weighted by Gasteiger charge is -2.06. The highest BCUT2D eigenvalue weighted by atomic mass is 16.5. The standard InChI is InChI=1S/C14H12O3.C2H6/c15-14(16)10-11-5-4-8-13(9-11)17-12-6-2-1-3-7-12;1-2/h1-9H,10H2,(H,15,16);1-2H3. The van der Waals surface area contributed by atoms with E-state index in [0.717, 1.165) is 11.3 Å². The molecule has 0 amide bonds. The van der Waals surface area contributed by atoms with Crippen molar-refractivity contribution in [1.29, 1.82) is 0 Å². The zero-order valence-corrected chi connectivity index (χ0v) is 11.2. The van der Waals surface area contributed by atoms with Crippen molar-refractivity contribution in [3.05, 3.63) is 60.2 Å². The van der Waals surface area contributed by atoms with Crippen LogP contribution in [0.25, 0.3) is 0 Å². The van der Waals surface area contributed by atoms with Crippen LogP contribution in [0, 0.1) is 0 Å². The second-order valence-electron chi connectivity index (χ2n) is 3.63. The zero-order chi connectivity index (χ0) is 14.1. The fourth-order valence-corrected chi connectivity index (χ4v) is 1.52. The van der Waals surface area contributed by atoms with Crippen molar-refractivity contribution >= 4 is 5.97 Å². The molecule has 0 saturated carbocycles. The molecule has 2 rings (SSSR count). The van der Waals surface area contributed by atoms with Crippen molar-refractivity contribution in [1.82, 2.24) is 0 Å². The summed E-state index contributed by atoms with van der Waals surface area (Å²) in [4.78, 5) is 10.6. The van der Waals surface area contributed by atoms with Gasteiger partial charge < -0.3 is 9.84 Å². The molecule has 0 aromatic heterocycles. The number of ether oxygens (including phenoxy) is 1. The van der Waals surface area contributed by atoms with Crippen LogP contribution >= 0.6 is 0 Å². The van der Waals surface area contributed by atoms with E-state index in [4.69, 9.17) is 9.84 Å². The predicted octanol–water partition coefficient (Wildman–Crippen LogP) is 4.13. The zero-order valence-electron chi connectivity index (χ0n) is 11.2. The molecule has 0 spiro atoms. The Morgan fingerprint density at radius 1 is 1.00 bits per heavy atom. The average molecular weight is 258 g/mol. The maximum absolute atomic E-state index is 10.6. The summed E-state index contributed by atoms with van der Waals surface area (Å²) in [6.07, 6.45) is 0.00594. The second-order valence-corrected chi connectivity index (χ2v) is 3.63. The van der Waals surface area contributed by atoms with Crippen LogP contribution in [0.3, 0.4) is 0 Å². The minimum absolute atomic E-state index is 0.00594. The van der Waals surface area contributed by atoms with Crippen molar-refractivity contribution in [2.24, 2.45) is 0 Å². The van der Waals surface area contributed by atoms with E-state index in [1.807, 2.05) is 44.2 Å². The largest absolute Gasteiger partial charge is 0.481 e. The molecule has 19 heavy (non-hydrogen) atoms. The number of para-hydroxylation sites is 1. The number of carbonyl (C=O) groups is 1. The van der Waals surface area contributed by atoms with Crippen LogP contribution in [0.1, 0.15) is 19.4 Å². The molecule has 0 unspecified atom stereocenters. The Bertz CT molecular complexity index is 506. The van der Waals surface area contributed by atoms with E-state index in [2.05, 4.69) is 0 Å². The minimum atomic E-state index is -0.845. The number of aliphatic carboxylic acids is 1. The molecule has 100 valence electrons. The summed E-state index contributed by atoms with van der Waals surface area (Å²) in [5.41, 5.74) is 0.728. The van der Waals surface area contributed by atoms with Gasteiger partial charge in [-0.15, -0.1) is 0 Å². The smallest absolute Gasteiger partial charge is 0.307 e. The Hall–Kier alpha value is -2.29. The van der Waals surface area contributed by atoms with Crippen LogP contribution in [-0.2, 0) is 11.2 Å². The van der Waals surface area contributed by atoms with Gasteiger partial charge in [0.25, 0.3) is 0 Å². The number of carboxylic acids is 1. The Morgan fingerprint density at radius 3 is 2.26 bits per heavy atom. The van der Waals surface area contributed by atoms with Crippen LogP contribution in [0.2, 0.25) is 0 Å². The summed E-state index contributed by atoms with van der Waals surface area (Å²) in [6.45, 7) is 4.00. The number of rotatable bonds is 4. The van der Waals surface area contributed by atoms with Crippen LogP contribution in [-0.4, -0.2) is 11.1 Å². The quantitative estimate of drug-likeness (QED) is 0.896. The van der Waals surface area contributed by atoms with E-state index in [9.17, 15) is 4.79 Å². The molecular formula is C16H18O3. The molecule has 0 atom stereocenters. The third-order valence-corrected chi connectivity index (χ3v) is 2.23. The van der Waals surface area contributed by atoms with Gasteiger partial charge in [-0.3, -0.25) is 4.79 Å². The van der Waals surface area contributed by atoms with Crippen molar-refractivity contribution in [2.45, 2.75) is 20.3 Å². The monoisotopic (exact) mass is 258 g/mol. The summed E-state index contributed by atoms with van der Waals surface area (Å²) in [5, 5.41) is 8.71. The van der Waals surface area contributed by atoms with Gasteiger partial charge in [-0.1, -0.05) is 44.2 Å². The number of hydrogen-bond acceptors (Lipinski definition) is 2. The lowest BCUT2D eigenvalue weighted by Crippen LogP contribution is -1.99. The van der Waals surface area contributed by atoms with Crippen LogP contribution in [0.5, 0.6) is 11.5 Å². The predicted molar refractivity (Wildman–Crippen MR) is 75.6 cm³/mol. The van der Waals surface area contributed by atoms with Gasteiger partial charge in [0.05, 0.1) is 6.42 Å². The van der Waals surface area contributed by atoms with Gasteiger partial charge in [-0.2, -0.15) is 0 Å². The third kappa shape index (κ3) is 5.25. The maximum atomic E-state index is 10.6. The Kier molecular flexibility index (Phi) is 6.16. The van der Waals surface area contributed by atoms with Gasteiger partial charge in [0.2, 0.25) is 0 Å². The third-order valence-electron chi connectivity index (χ3n) is 2.23. The molecule has 0 aliphatic rings. The molecule has 2 aromatic rings. The van der Waals surface area contributed by atoms with E-state index < -0.39 is 5.97 Å². The molecule has 3 heteroatoms. The van der Waals surface area contributed by atoms with E-state index in [1.165, 1.54) is 0 Å². The first-order chi connectivity index (χ1) is 9.24. The normalized spacial score (nSPS) is 9.16. The van der Waals surface area contributed by atoms with E-state index in [0.29, 0.717) is 5.75 Å². The Balaban J connectivity index is 0.000000861. The lowest BCUT2D eigenvalue weighted by molar-refractivity contribution is -0.136. The SMILES string of the molecule is CC.O=C(O)Cc1cccc(Oc2ccccc2)c1. The minimum Gasteiger partial charge on any atom is -0.481 e. The second kappa shape index (κ2) is 7.93. The molecule has 0 aliphatic heterocycles. The molecule has 0 aliphatic carbocycles. The van der Waals surface area contributed by atoms with Crippen molar-refractivity contribution in [3.63, 3.8) is 0 Å². The summed E-state index contributed by atoms with van der Waals surface area (Å²) in [6, 6.07) is 16.5. The van der Waals surface area contributed by atoms with E-state index >= 15 is 0 Å². The maximum Gasteiger partial charge on any atom is 0.307 e. The number of benzene rings is 2. The van der Waals surface area contributed by atoms with Crippen molar-refractivity contribution in [3.8, 4) is 11.5 Å². The van der Waals surface area contributed by atoms with E-state index in [-0.39, 0.29) is 6.42 Å². The highest BCUT2D eigenvalue weighted by Crippen LogP contribution is 2.21. The lowest BCUT2D eigenvalue weighted by atomic mass is 10.1. The molecule has 1 N–H and O–H groups in total. The molecule has 0 heterocycles. The number of carboxylic acid groups (broad SMARTS) is 1.